The average molecular weight is 419 g/mol. The van der Waals surface area contributed by atoms with E-state index in [4.69, 9.17) is 9.47 Å². The number of ether oxygens (including phenoxy) is 2. The van der Waals surface area contributed by atoms with Gasteiger partial charge in [-0.3, -0.25) is 4.79 Å². The summed E-state index contributed by atoms with van der Waals surface area (Å²) in [5, 5.41) is 14.1. The molecule has 0 saturated carbocycles. The van der Waals surface area contributed by atoms with E-state index in [2.05, 4.69) is 10.3 Å². The first-order valence-electron chi connectivity index (χ1n) is 9.24. The van der Waals surface area contributed by atoms with E-state index in [1.165, 1.54) is 29.7 Å². The summed E-state index contributed by atoms with van der Waals surface area (Å²) in [6.45, 7) is 3.08. The van der Waals surface area contributed by atoms with Crippen LogP contribution in [0.3, 0.4) is 0 Å². The molecule has 0 unspecified atom stereocenters. The van der Waals surface area contributed by atoms with Gasteiger partial charge in [-0.05, 0) is 67.1 Å². The van der Waals surface area contributed by atoms with E-state index in [1.807, 2.05) is 0 Å². The molecule has 1 N–H and O–H groups in total. The Morgan fingerprint density at radius 3 is 2.83 bits per heavy atom. The summed E-state index contributed by atoms with van der Waals surface area (Å²) in [6.07, 6.45) is 4.63. The normalized spacial score (nSPS) is 12.9. The molecule has 0 fully saturated rings. The minimum atomic E-state index is -0.680. The number of hydrogen-bond donors (Lipinski definition) is 1. The fraction of sp³-hybridized carbons (Fsp3) is 0.421. The van der Waals surface area contributed by atoms with Crippen LogP contribution in [-0.2, 0) is 22.4 Å². The standard InChI is InChI=1S/C19H21N3O6S/c1-11(2)28-19(24)16-12-6-3-4-8-14(12)29-18(16)21-15(23)10-27-13-7-5-9-20-17(13)22(25)26/h5,7,9,11H,3-4,6,8,10H2,1-2H3,(H,21,23). The first kappa shape index (κ1) is 20.7. The summed E-state index contributed by atoms with van der Waals surface area (Å²) >= 11 is 1.37. The van der Waals surface area contributed by atoms with Crippen LogP contribution in [0.4, 0.5) is 10.8 Å². The zero-order valence-electron chi connectivity index (χ0n) is 16.1. The molecule has 154 valence electrons. The fourth-order valence-corrected chi connectivity index (χ4v) is 4.37. The van der Waals surface area contributed by atoms with Crippen LogP contribution in [0.1, 0.15) is 47.5 Å². The van der Waals surface area contributed by atoms with Gasteiger partial charge in [0.25, 0.3) is 5.91 Å². The van der Waals surface area contributed by atoms with Crippen LogP contribution >= 0.6 is 11.3 Å². The summed E-state index contributed by atoms with van der Waals surface area (Å²) in [5.41, 5.74) is 1.34. The number of pyridine rings is 1. The second-order valence-electron chi connectivity index (χ2n) is 6.79. The van der Waals surface area contributed by atoms with E-state index in [9.17, 15) is 19.7 Å². The van der Waals surface area contributed by atoms with E-state index < -0.39 is 29.2 Å². The predicted octanol–water partition coefficient (Wildman–Crippen LogP) is 3.51. The molecule has 2 aromatic heterocycles. The molecule has 0 aromatic carbocycles. The zero-order chi connectivity index (χ0) is 21.0. The van der Waals surface area contributed by atoms with Gasteiger partial charge in [0.2, 0.25) is 5.75 Å². The Morgan fingerprint density at radius 1 is 1.34 bits per heavy atom. The molecule has 29 heavy (non-hydrogen) atoms. The van der Waals surface area contributed by atoms with Gasteiger partial charge in [0.05, 0.1) is 11.7 Å². The monoisotopic (exact) mass is 419 g/mol. The summed E-state index contributed by atoms with van der Waals surface area (Å²) in [7, 11) is 0. The largest absolute Gasteiger partial charge is 0.476 e. The van der Waals surface area contributed by atoms with E-state index in [0.717, 1.165) is 36.1 Å². The number of carbonyl (C=O) groups is 2. The van der Waals surface area contributed by atoms with Crippen LogP contribution in [0.25, 0.3) is 0 Å². The number of hydrogen-bond acceptors (Lipinski definition) is 8. The number of anilines is 1. The summed E-state index contributed by atoms with van der Waals surface area (Å²) in [5.74, 6) is -1.55. The van der Waals surface area contributed by atoms with Crippen LogP contribution < -0.4 is 10.1 Å². The number of rotatable bonds is 7. The van der Waals surface area contributed by atoms with Crippen molar-refractivity contribution in [3.63, 3.8) is 0 Å². The lowest BCUT2D eigenvalue weighted by molar-refractivity contribution is -0.390. The van der Waals surface area contributed by atoms with Gasteiger partial charge >= 0.3 is 11.8 Å². The molecule has 1 aliphatic rings. The average Bonchev–Trinajstić information content (AvgIpc) is 3.03. The second-order valence-corrected chi connectivity index (χ2v) is 7.89. The summed E-state index contributed by atoms with van der Waals surface area (Å²) in [6, 6.07) is 2.85. The van der Waals surface area contributed by atoms with Crippen LogP contribution in [0.2, 0.25) is 0 Å². The first-order chi connectivity index (χ1) is 13.9. The minimum Gasteiger partial charge on any atom is -0.476 e. The first-order valence-corrected chi connectivity index (χ1v) is 10.1. The van der Waals surface area contributed by atoms with Crippen molar-refractivity contribution in [2.24, 2.45) is 0 Å². The van der Waals surface area contributed by atoms with Crippen LogP contribution in [0, 0.1) is 10.1 Å². The van der Waals surface area contributed by atoms with Crippen molar-refractivity contribution in [1.29, 1.82) is 0 Å². The number of aryl methyl sites for hydroxylation is 1. The highest BCUT2D eigenvalue weighted by Gasteiger charge is 2.28. The molecule has 1 aliphatic carbocycles. The SMILES string of the molecule is CC(C)OC(=O)c1c(NC(=O)COc2cccnc2[N+](=O)[O-])sc2c1CCCC2. The Balaban J connectivity index is 1.76. The summed E-state index contributed by atoms with van der Waals surface area (Å²) < 4.78 is 10.6. The third-order valence-electron chi connectivity index (χ3n) is 4.25. The number of carbonyl (C=O) groups excluding carboxylic acids is 2. The second kappa shape index (κ2) is 8.99. The third kappa shape index (κ3) is 4.89. The minimum absolute atomic E-state index is 0.0995. The van der Waals surface area contributed by atoms with Gasteiger partial charge in [0, 0.05) is 4.88 Å². The number of amides is 1. The van der Waals surface area contributed by atoms with E-state index in [-0.39, 0.29) is 11.9 Å². The maximum absolute atomic E-state index is 12.6. The Kier molecular flexibility index (Phi) is 6.42. The van der Waals surface area contributed by atoms with Gasteiger partial charge in [-0.2, -0.15) is 0 Å². The van der Waals surface area contributed by atoms with Crippen molar-refractivity contribution in [2.75, 3.05) is 11.9 Å². The van der Waals surface area contributed by atoms with Gasteiger partial charge in [-0.15, -0.1) is 11.3 Å². The number of esters is 1. The molecule has 2 heterocycles. The molecule has 2 aromatic rings. The number of nitro groups is 1. The van der Waals surface area contributed by atoms with Crippen molar-refractivity contribution in [3.8, 4) is 5.75 Å². The smallest absolute Gasteiger partial charge is 0.406 e. The fourth-order valence-electron chi connectivity index (χ4n) is 3.08. The Labute approximate surface area is 171 Å². The number of nitrogens with zero attached hydrogens (tertiary/aromatic N) is 2. The predicted molar refractivity (Wildman–Crippen MR) is 107 cm³/mol. The molecule has 0 radical (unpaired) electrons. The van der Waals surface area contributed by atoms with Gasteiger partial charge in [0.15, 0.2) is 6.61 Å². The molecular formula is C19H21N3O6S. The van der Waals surface area contributed by atoms with Crippen LogP contribution in [-0.4, -0.2) is 34.5 Å². The molecule has 10 heteroatoms. The maximum atomic E-state index is 12.6. The molecule has 0 bridgehead atoms. The number of nitrogens with one attached hydrogen (secondary N) is 1. The lowest BCUT2D eigenvalue weighted by Gasteiger charge is -2.14. The van der Waals surface area contributed by atoms with Gasteiger partial charge in [0.1, 0.15) is 11.2 Å². The highest BCUT2D eigenvalue weighted by Crippen LogP contribution is 2.38. The van der Waals surface area contributed by atoms with Crippen molar-refractivity contribution in [3.05, 3.63) is 44.4 Å². The van der Waals surface area contributed by atoms with E-state index >= 15 is 0 Å². The molecule has 9 nitrogen and oxygen atoms in total. The zero-order valence-corrected chi connectivity index (χ0v) is 16.9. The lowest BCUT2D eigenvalue weighted by atomic mass is 9.95. The number of fused-ring (bicyclic) bond motifs is 1. The number of thiophene rings is 1. The Hall–Kier alpha value is -3.01. The van der Waals surface area contributed by atoms with E-state index in [0.29, 0.717) is 10.6 Å². The van der Waals surface area contributed by atoms with Crippen molar-refractivity contribution < 1.29 is 24.0 Å². The molecular weight excluding hydrogens is 398 g/mol. The lowest BCUT2D eigenvalue weighted by Crippen LogP contribution is -2.22. The third-order valence-corrected chi connectivity index (χ3v) is 5.46. The Bertz CT molecular complexity index is 940. The van der Waals surface area contributed by atoms with Crippen LogP contribution in [0.15, 0.2) is 18.3 Å². The van der Waals surface area contributed by atoms with E-state index in [1.54, 1.807) is 13.8 Å². The van der Waals surface area contributed by atoms with Gasteiger partial charge in [-0.25, -0.2) is 4.79 Å². The van der Waals surface area contributed by atoms with Gasteiger partial charge < -0.3 is 24.9 Å². The van der Waals surface area contributed by atoms with Crippen molar-refractivity contribution in [2.45, 2.75) is 45.6 Å². The van der Waals surface area contributed by atoms with Crippen molar-refractivity contribution >= 4 is 34.0 Å². The highest BCUT2D eigenvalue weighted by atomic mass is 32.1. The molecule has 0 atom stereocenters. The quantitative estimate of drug-likeness (QED) is 0.414. The molecule has 1 amide bonds. The summed E-state index contributed by atoms with van der Waals surface area (Å²) in [4.78, 5) is 40.0. The Morgan fingerprint density at radius 2 is 2.10 bits per heavy atom. The van der Waals surface area contributed by atoms with Crippen LogP contribution in [0.5, 0.6) is 5.75 Å². The molecule has 3 rings (SSSR count). The molecule has 0 saturated heterocycles. The van der Waals surface area contributed by atoms with Gasteiger partial charge in [-0.1, -0.05) is 0 Å². The number of aromatic nitrogens is 1. The highest BCUT2D eigenvalue weighted by molar-refractivity contribution is 7.17. The molecule has 0 spiro atoms. The van der Waals surface area contributed by atoms with Crippen molar-refractivity contribution in [1.82, 2.24) is 4.98 Å². The topological polar surface area (TPSA) is 121 Å². The molecule has 0 aliphatic heterocycles. The maximum Gasteiger partial charge on any atom is 0.406 e.